The summed E-state index contributed by atoms with van der Waals surface area (Å²) in [6, 6.07) is 13.9. The standard InChI is InChI=1S/C15H17NO2/c1-11(15(17)18)16(2)10-12-7-8-13-5-3-4-6-14(13)9-12/h3-9,11H,10H2,1-2H3,(H,17,18). The minimum absolute atomic E-state index is 0.475. The molecule has 94 valence electrons. The van der Waals surface area contributed by atoms with Gasteiger partial charge in [-0.05, 0) is 36.4 Å². The first-order valence-corrected chi connectivity index (χ1v) is 5.98. The molecule has 0 spiro atoms. The van der Waals surface area contributed by atoms with Crippen LogP contribution in [0, 0.1) is 0 Å². The Kier molecular flexibility index (Phi) is 3.63. The van der Waals surface area contributed by atoms with E-state index < -0.39 is 12.0 Å². The fraction of sp³-hybridized carbons (Fsp3) is 0.267. The number of hydrogen-bond acceptors (Lipinski definition) is 2. The van der Waals surface area contributed by atoms with E-state index in [1.807, 2.05) is 30.1 Å². The summed E-state index contributed by atoms with van der Waals surface area (Å²) in [5, 5.41) is 11.4. The van der Waals surface area contributed by atoms with Gasteiger partial charge in [0.2, 0.25) is 0 Å². The molecular weight excluding hydrogens is 226 g/mol. The van der Waals surface area contributed by atoms with E-state index in [4.69, 9.17) is 5.11 Å². The van der Waals surface area contributed by atoms with Crippen LogP contribution in [0.4, 0.5) is 0 Å². The first-order valence-electron chi connectivity index (χ1n) is 5.98. The van der Waals surface area contributed by atoms with Crippen LogP contribution < -0.4 is 0 Å². The van der Waals surface area contributed by atoms with E-state index >= 15 is 0 Å². The second-order valence-corrected chi connectivity index (χ2v) is 4.61. The molecule has 18 heavy (non-hydrogen) atoms. The van der Waals surface area contributed by atoms with Gasteiger partial charge in [0.15, 0.2) is 0 Å². The summed E-state index contributed by atoms with van der Waals surface area (Å²) in [5.41, 5.74) is 1.13. The highest BCUT2D eigenvalue weighted by Gasteiger charge is 2.16. The second-order valence-electron chi connectivity index (χ2n) is 4.61. The van der Waals surface area contributed by atoms with E-state index in [0.29, 0.717) is 6.54 Å². The van der Waals surface area contributed by atoms with Crippen LogP contribution in [0.2, 0.25) is 0 Å². The average molecular weight is 243 g/mol. The highest BCUT2D eigenvalue weighted by Crippen LogP contribution is 2.17. The zero-order valence-corrected chi connectivity index (χ0v) is 10.6. The van der Waals surface area contributed by atoms with E-state index in [1.54, 1.807) is 6.92 Å². The summed E-state index contributed by atoms with van der Waals surface area (Å²) in [4.78, 5) is 12.7. The Labute approximate surface area is 107 Å². The van der Waals surface area contributed by atoms with Gasteiger partial charge in [0.1, 0.15) is 6.04 Å². The molecule has 1 N–H and O–H groups in total. The lowest BCUT2D eigenvalue weighted by Gasteiger charge is -2.21. The fourth-order valence-electron chi connectivity index (χ4n) is 1.95. The third-order valence-electron chi connectivity index (χ3n) is 3.26. The molecular formula is C15H17NO2. The van der Waals surface area contributed by atoms with Gasteiger partial charge < -0.3 is 5.11 Å². The second kappa shape index (κ2) is 5.19. The van der Waals surface area contributed by atoms with Crippen molar-refractivity contribution >= 4 is 16.7 Å². The van der Waals surface area contributed by atoms with E-state index in [1.165, 1.54) is 10.8 Å². The van der Waals surface area contributed by atoms with E-state index in [9.17, 15) is 4.79 Å². The molecule has 0 bridgehead atoms. The van der Waals surface area contributed by atoms with Crippen LogP contribution in [0.15, 0.2) is 42.5 Å². The van der Waals surface area contributed by atoms with Gasteiger partial charge in [-0.15, -0.1) is 0 Å². The summed E-state index contributed by atoms with van der Waals surface area (Å²) in [6.45, 7) is 2.34. The number of hydrogen-bond donors (Lipinski definition) is 1. The SMILES string of the molecule is CC(C(=O)O)N(C)Cc1ccc2ccccc2c1. The summed E-state index contributed by atoms with van der Waals surface area (Å²) in [5.74, 6) is -0.793. The smallest absolute Gasteiger partial charge is 0.320 e. The quantitative estimate of drug-likeness (QED) is 0.897. The molecule has 0 aromatic heterocycles. The van der Waals surface area contributed by atoms with Crippen LogP contribution in [-0.4, -0.2) is 29.1 Å². The van der Waals surface area contributed by atoms with Gasteiger partial charge in [-0.1, -0.05) is 36.4 Å². The van der Waals surface area contributed by atoms with Crippen molar-refractivity contribution in [2.75, 3.05) is 7.05 Å². The zero-order chi connectivity index (χ0) is 13.1. The number of carboxylic acids is 1. The van der Waals surface area contributed by atoms with Gasteiger partial charge in [-0.25, -0.2) is 0 Å². The summed E-state index contributed by atoms with van der Waals surface area (Å²) < 4.78 is 0. The summed E-state index contributed by atoms with van der Waals surface area (Å²) >= 11 is 0. The van der Waals surface area contributed by atoms with Crippen molar-refractivity contribution in [2.45, 2.75) is 19.5 Å². The first-order chi connectivity index (χ1) is 8.58. The molecule has 3 heteroatoms. The molecule has 0 saturated carbocycles. The van der Waals surface area contributed by atoms with E-state index in [-0.39, 0.29) is 0 Å². The number of nitrogens with zero attached hydrogens (tertiary/aromatic N) is 1. The number of likely N-dealkylation sites (N-methyl/N-ethyl adjacent to an activating group) is 1. The molecule has 0 radical (unpaired) electrons. The van der Waals surface area contributed by atoms with Crippen LogP contribution in [0.5, 0.6) is 0 Å². The zero-order valence-electron chi connectivity index (χ0n) is 10.6. The monoisotopic (exact) mass is 243 g/mol. The topological polar surface area (TPSA) is 40.5 Å². The Morgan fingerprint density at radius 3 is 2.56 bits per heavy atom. The van der Waals surface area contributed by atoms with Gasteiger partial charge in [0, 0.05) is 6.54 Å². The summed E-state index contributed by atoms with van der Waals surface area (Å²) in [7, 11) is 1.83. The molecule has 0 heterocycles. The van der Waals surface area contributed by atoms with E-state index in [0.717, 1.165) is 5.56 Å². The molecule has 0 aliphatic rings. The van der Waals surface area contributed by atoms with Crippen LogP contribution in [0.1, 0.15) is 12.5 Å². The minimum atomic E-state index is -0.793. The van der Waals surface area contributed by atoms with Crippen molar-refractivity contribution in [3.8, 4) is 0 Å². The average Bonchev–Trinajstić information content (AvgIpc) is 2.37. The Hall–Kier alpha value is -1.87. The highest BCUT2D eigenvalue weighted by molar-refractivity contribution is 5.83. The number of aliphatic carboxylic acids is 1. The van der Waals surface area contributed by atoms with Crippen LogP contribution in [0.25, 0.3) is 10.8 Å². The number of fused-ring (bicyclic) bond motifs is 1. The van der Waals surface area contributed by atoms with Gasteiger partial charge in [-0.2, -0.15) is 0 Å². The van der Waals surface area contributed by atoms with Crippen molar-refractivity contribution in [2.24, 2.45) is 0 Å². The molecule has 0 saturated heterocycles. The van der Waals surface area contributed by atoms with Crippen LogP contribution in [-0.2, 0) is 11.3 Å². The molecule has 1 unspecified atom stereocenters. The van der Waals surface area contributed by atoms with E-state index in [2.05, 4.69) is 24.3 Å². The Bertz CT molecular complexity index is 565. The Morgan fingerprint density at radius 2 is 1.89 bits per heavy atom. The lowest BCUT2D eigenvalue weighted by molar-refractivity contribution is -0.142. The van der Waals surface area contributed by atoms with Gasteiger partial charge >= 0.3 is 5.97 Å². The molecule has 0 aliphatic carbocycles. The predicted octanol–water partition coefficient (Wildman–Crippen LogP) is 2.74. The largest absolute Gasteiger partial charge is 0.480 e. The fourth-order valence-corrected chi connectivity index (χ4v) is 1.95. The Morgan fingerprint density at radius 1 is 1.22 bits per heavy atom. The minimum Gasteiger partial charge on any atom is -0.480 e. The lowest BCUT2D eigenvalue weighted by atomic mass is 10.1. The number of benzene rings is 2. The van der Waals surface area contributed by atoms with Crippen LogP contribution >= 0.6 is 0 Å². The third kappa shape index (κ3) is 2.68. The molecule has 2 aromatic rings. The molecule has 2 aromatic carbocycles. The number of carboxylic acid groups (broad SMARTS) is 1. The van der Waals surface area contributed by atoms with Gasteiger partial charge in [-0.3, -0.25) is 9.69 Å². The lowest BCUT2D eigenvalue weighted by Crippen LogP contribution is -2.35. The molecule has 2 rings (SSSR count). The van der Waals surface area contributed by atoms with Crippen molar-refractivity contribution in [1.29, 1.82) is 0 Å². The Balaban J connectivity index is 2.19. The number of carbonyl (C=O) groups is 1. The maximum atomic E-state index is 10.9. The van der Waals surface area contributed by atoms with Crippen molar-refractivity contribution in [3.05, 3.63) is 48.0 Å². The van der Waals surface area contributed by atoms with Gasteiger partial charge in [0.05, 0.1) is 0 Å². The highest BCUT2D eigenvalue weighted by atomic mass is 16.4. The normalized spacial score (nSPS) is 12.8. The third-order valence-corrected chi connectivity index (χ3v) is 3.26. The van der Waals surface area contributed by atoms with Crippen molar-refractivity contribution in [3.63, 3.8) is 0 Å². The molecule has 3 nitrogen and oxygen atoms in total. The predicted molar refractivity (Wildman–Crippen MR) is 72.5 cm³/mol. The maximum Gasteiger partial charge on any atom is 0.320 e. The summed E-state index contributed by atoms with van der Waals surface area (Å²) in [6.07, 6.45) is 0. The maximum absolute atomic E-state index is 10.9. The van der Waals surface area contributed by atoms with Crippen molar-refractivity contribution in [1.82, 2.24) is 4.90 Å². The molecule has 0 fully saturated rings. The first kappa shape index (κ1) is 12.6. The molecule has 1 atom stereocenters. The van der Waals surface area contributed by atoms with Gasteiger partial charge in [0.25, 0.3) is 0 Å². The van der Waals surface area contributed by atoms with Crippen LogP contribution in [0.3, 0.4) is 0 Å². The molecule has 0 amide bonds. The van der Waals surface area contributed by atoms with Crippen molar-refractivity contribution < 1.29 is 9.90 Å². The number of rotatable bonds is 4. The molecule has 0 aliphatic heterocycles.